The van der Waals surface area contributed by atoms with Crippen molar-refractivity contribution in [2.45, 2.75) is 31.4 Å². The van der Waals surface area contributed by atoms with Crippen molar-refractivity contribution in [2.75, 3.05) is 0 Å². The second-order valence-electron chi connectivity index (χ2n) is 5.76. The van der Waals surface area contributed by atoms with Crippen molar-refractivity contribution < 1.29 is 14.0 Å². The molecule has 1 aliphatic rings. The van der Waals surface area contributed by atoms with E-state index in [-0.39, 0.29) is 42.7 Å². The average Bonchev–Trinajstić information content (AvgIpc) is 2.59. The summed E-state index contributed by atoms with van der Waals surface area (Å²) in [4.78, 5) is 28.4. The van der Waals surface area contributed by atoms with Crippen LogP contribution >= 0.6 is 23.2 Å². The van der Waals surface area contributed by atoms with Gasteiger partial charge in [0, 0.05) is 31.0 Å². The molecule has 0 radical (unpaired) electrons. The molecule has 1 aromatic carbocycles. The first-order chi connectivity index (χ1) is 11.4. The van der Waals surface area contributed by atoms with Crippen LogP contribution in [-0.2, 0) is 16.9 Å². The zero-order chi connectivity index (χ0) is 17.3. The minimum absolute atomic E-state index is 0.0236. The Labute approximate surface area is 148 Å². The van der Waals surface area contributed by atoms with E-state index in [0.717, 1.165) is 0 Å². The van der Waals surface area contributed by atoms with Crippen LogP contribution in [0.1, 0.15) is 40.9 Å². The molecular weight excluding hydrogens is 352 g/mol. The number of benzene rings is 1. The van der Waals surface area contributed by atoms with Crippen molar-refractivity contribution in [1.82, 2.24) is 4.98 Å². The fourth-order valence-electron chi connectivity index (χ4n) is 2.96. The number of ketones is 2. The highest BCUT2D eigenvalue weighted by molar-refractivity contribution is 6.42. The van der Waals surface area contributed by atoms with Crippen LogP contribution in [0.5, 0.6) is 0 Å². The molecule has 124 valence electrons. The number of rotatable bonds is 4. The lowest BCUT2D eigenvalue weighted by molar-refractivity contribution is -0.131. The normalized spacial score (nSPS) is 19.9. The van der Waals surface area contributed by atoms with Gasteiger partial charge in [0.2, 0.25) is 0 Å². The molecule has 0 spiro atoms. The third-order valence-electron chi connectivity index (χ3n) is 4.29. The molecule has 0 saturated heterocycles. The van der Waals surface area contributed by atoms with E-state index in [1.165, 1.54) is 18.3 Å². The molecular formula is C18H14Cl2FNO2. The largest absolute Gasteiger partial charge is 0.296 e. The maximum atomic E-state index is 15.4. The number of aryl methyl sites for hydroxylation is 1. The monoisotopic (exact) mass is 365 g/mol. The van der Waals surface area contributed by atoms with Gasteiger partial charge in [-0.25, -0.2) is 4.39 Å². The molecule has 0 bridgehead atoms. The predicted molar refractivity (Wildman–Crippen MR) is 90.4 cm³/mol. The molecule has 6 heteroatoms. The average molecular weight is 366 g/mol. The SMILES string of the molecule is O=C1CC[C@@](F)(C(=O)CCc2cccc(Cl)c2Cl)c2cccnc21. The van der Waals surface area contributed by atoms with Crippen molar-refractivity contribution in [2.24, 2.45) is 0 Å². The molecule has 1 aromatic heterocycles. The molecule has 0 fully saturated rings. The molecule has 1 atom stereocenters. The lowest BCUT2D eigenvalue weighted by atomic mass is 9.78. The number of alkyl halides is 1. The van der Waals surface area contributed by atoms with Crippen molar-refractivity contribution in [3.8, 4) is 0 Å². The number of aromatic nitrogens is 1. The number of Topliss-reactive ketones (excluding diaryl/α,β-unsaturated/α-hetero) is 2. The van der Waals surface area contributed by atoms with Gasteiger partial charge in [0.05, 0.1) is 10.0 Å². The Morgan fingerprint density at radius 3 is 2.83 bits per heavy atom. The highest BCUT2D eigenvalue weighted by atomic mass is 35.5. The minimum Gasteiger partial charge on any atom is -0.296 e. The van der Waals surface area contributed by atoms with Gasteiger partial charge in [0.15, 0.2) is 17.2 Å². The fourth-order valence-corrected chi connectivity index (χ4v) is 3.38. The van der Waals surface area contributed by atoms with E-state index >= 15 is 4.39 Å². The Balaban J connectivity index is 1.84. The van der Waals surface area contributed by atoms with Gasteiger partial charge in [-0.3, -0.25) is 14.6 Å². The van der Waals surface area contributed by atoms with Gasteiger partial charge in [-0.15, -0.1) is 0 Å². The minimum atomic E-state index is -2.18. The third-order valence-corrected chi connectivity index (χ3v) is 5.15. The fraction of sp³-hybridized carbons (Fsp3) is 0.278. The number of fused-ring (bicyclic) bond motifs is 1. The molecule has 1 heterocycles. The van der Waals surface area contributed by atoms with E-state index in [4.69, 9.17) is 23.2 Å². The van der Waals surface area contributed by atoms with Crippen molar-refractivity contribution in [3.63, 3.8) is 0 Å². The van der Waals surface area contributed by atoms with E-state index in [1.54, 1.807) is 18.2 Å². The number of hydrogen-bond acceptors (Lipinski definition) is 3. The Morgan fingerprint density at radius 2 is 2.04 bits per heavy atom. The summed E-state index contributed by atoms with van der Waals surface area (Å²) < 4.78 is 15.4. The molecule has 0 amide bonds. The Morgan fingerprint density at radius 1 is 1.25 bits per heavy atom. The molecule has 0 saturated carbocycles. The van der Waals surface area contributed by atoms with E-state index in [0.29, 0.717) is 15.6 Å². The molecule has 0 unspecified atom stereocenters. The maximum Gasteiger partial charge on any atom is 0.196 e. The van der Waals surface area contributed by atoms with Gasteiger partial charge >= 0.3 is 0 Å². The summed E-state index contributed by atoms with van der Waals surface area (Å²) in [6.45, 7) is 0. The molecule has 0 N–H and O–H groups in total. The summed E-state index contributed by atoms with van der Waals surface area (Å²) in [6, 6.07) is 8.14. The summed E-state index contributed by atoms with van der Waals surface area (Å²) in [5, 5.41) is 0.773. The summed E-state index contributed by atoms with van der Waals surface area (Å²) in [5.74, 6) is -0.801. The van der Waals surface area contributed by atoms with E-state index in [9.17, 15) is 9.59 Å². The molecule has 2 aromatic rings. The molecule has 24 heavy (non-hydrogen) atoms. The molecule has 0 aliphatic heterocycles. The quantitative estimate of drug-likeness (QED) is 0.786. The zero-order valence-electron chi connectivity index (χ0n) is 12.7. The van der Waals surface area contributed by atoms with Crippen molar-refractivity contribution >= 4 is 34.8 Å². The second kappa shape index (κ2) is 6.61. The number of carbonyl (C=O) groups excluding carboxylic acids is 2. The van der Waals surface area contributed by atoms with Crippen LogP contribution in [0.4, 0.5) is 4.39 Å². The van der Waals surface area contributed by atoms with Crippen LogP contribution in [-0.4, -0.2) is 16.6 Å². The Hall–Kier alpha value is -1.78. The number of pyridine rings is 1. The second-order valence-corrected chi connectivity index (χ2v) is 6.55. The van der Waals surface area contributed by atoms with Crippen LogP contribution in [0.15, 0.2) is 36.5 Å². The highest BCUT2D eigenvalue weighted by Crippen LogP contribution is 2.40. The Kier molecular flexibility index (Phi) is 4.70. The first-order valence-electron chi connectivity index (χ1n) is 7.57. The number of carbonyl (C=O) groups is 2. The summed E-state index contributed by atoms with van der Waals surface area (Å²) >= 11 is 12.1. The standard InChI is InChI=1S/C18H14Cl2FNO2/c19-13-5-1-3-11(16(13)20)6-7-15(24)18(21)9-8-14(23)17-12(18)4-2-10-22-17/h1-5,10H,6-9H2/t18-/m0/s1. The first kappa shape index (κ1) is 17.1. The molecule has 1 aliphatic carbocycles. The van der Waals surface area contributed by atoms with Crippen LogP contribution in [0.25, 0.3) is 0 Å². The van der Waals surface area contributed by atoms with Crippen LogP contribution < -0.4 is 0 Å². The Bertz CT molecular complexity index is 824. The van der Waals surface area contributed by atoms with E-state index < -0.39 is 11.5 Å². The lowest BCUT2D eigenvalue weighted by Crippen LogP contribution is -2.37. The van der Waals surface area contributed by atoms with Gasteiger partial charge in [-0.2, -0.15) is 0 Å². The van der Waals surface area contributed by atoms with Gasteiger partial charge in [-0.1, -0.05) is 41.4 Å². The van der Waals surface area contributed by atoms with Crippen LogP contribution in [0, 0.1) is 0 Å². The molecule has 3 nitrogen and oxygen atoms in total. The van der Waals surface area contributed by atoms with Gasteiger partial charge in [0.1, 0.15) is 5.69 Å². The first-order valence-corrected chi connectivity index (χ1v) is 8.33. The van der Waals surface area contributed by atoms with Crippen LogP contribution in [0.2, 0.25) is 10.0 Å². The van der Waals surface area contributed by atoms with Crippen molar-refractivity contribution in [1.29, 1.82) is 0 Å². The lowest BCUT2D eigenvalue weighted by Gasteiger charge is -2.29. The highest BCUT2D eigenvalue weighted by Gasteiger charge is 2.45. The van der Waals surface area contributed by atoms with E-state index in [1.807, 2.05) is 0 Å². The summed E-state index contributed by atoms with van der Waals surface area (Å²) in [6.07, 6.45) is 1.52. The number of halogens is 3. The predicted octanol–water partition coefficient (Wildman–Crippen LogP) is 4.73. The van der Waals surface area contributed by atoms with Gasteiger partial charge < -0.3 is 0 Å². The summed E-state index contributed by atoms with van der Waals surface area (Å²) in [5.41, 5.74) is -1.36. The number of nitrogens with zero attached hydrogens (tertiary/aromatic N) is 1. The number of hydrogen-bond donors (Lipinski definition) is 0. The van der Waals surface area contributed by atoms with Gasteiger partial charge in [0.25, 0.3) is 0 Å². The third kappa shape index (κ3) is 2.96. The van der Waals surface area contributed by atoms with Crippen LogP contribution in [0.3, 0.4) is 0 Å². The smallest absolute Gasteiger partial charge is 0.196 e. The topological polar surface area (TPSA) is 47.0 Å². The molecule has 3 rings (SSSR count). The maximum absolute atomic E-state index is 15.4. The zero-order valence-corrected chi connectivity index (χ0v) is 14.2. The summed E-state index contributed by atoms with van der Waals surface area (Å²) in [7, 11) is 0. The van der Waals surface area contributed by atoms with Gasteiger partial charge in [-0.05, 0) is 24.1 Å². The van der Waals surface area contributed by atoms with Crippen molar-refractivity contribution in [3.05, 3.63) is 63.4 Å². The van der Waals surface area contributed by atoms with E-state index in [2.05, 4.69) is 4.98 Å².